The number of aryl methyl sites for hydroxylation is 2. The van der Waals surface area contributed by atoms with Crippen LogP contribution in [-0.4, -0.2) is 19.5 Å². The number of anilines is 2. The normalized spacial score (nSPS) is 11.4. The summed E-state index contributed by atoms with van der Waals surface area (Å²) in [6, 6.07) is 6.86. The summed E-state index contributed by atoms with van der Waals surface area (Å²) >= 11 is 6.98. The molecule has 3 rings (SSSR count). The number of hydrogen-bond acceptors (Lipinski definition) is 6. The van der Waals surface area contributed by atoms with Gasteiger partial charge in [0.15, 0.2) is 0 Å². The Morgan fingerprint density at radius 1 is 1.22 bits per heavy atom. The zero-order valence-corrected chi connectivity index (χ0v) is 17.1. The zero-order valence-electron chi connectivity index (χ0n) is 14.7. The summed E-state index contributed by atoms with van der Waals surface area (Å²) in [7, 11) is -4.08. The Balaban J connectivity index is 1.89. The molecule has 1 aromatic carbocycles. The molecule has 0 spiro atoms. The van der Waals surface area contributed by atoms with Crippen molar-refractivity contribution in [1.29, 1.82) is 0 Å². The molecule has 0 radical (unpaired) electrons. The number of thiophene rings is 1. The quantitative estimate of drug-likeness (QED) is 0.632. The minimum absolute atomic E-state index is 0.0516. The molecule has 2 heterocycles. The minimum atomic E-state index is -4.08. The van der Waals surface area contributed by atoms with Gasteiger partial charge in [0.25, 0.3) is 21.8 Å². The van der Waals surface area contributed by atoms with Gasteiger partial charge in [-0.3, -0.25) is 4.79 Å². The molecule has 0 fully saturated rings. The fourth-order valence-electron chi connectivity index (χ4n) is 2.34. The second-order valence-corrected chi connectivity index (χ2v) is 8.78. The minimum Gasteiger partial charge on any atom is -0.336 e. The van der Waals surface area contributed by atoms with E-state index in [1.165, 1.54) is 11.4 Å². The number of carbonyl (C=O) groups excluding carboxylic acids is 1. The van der Waals surface area contributed by atoms with Crippen LogP contribution in [0.3, 0.4) is 0 Å². The Bertz CT molecular complexity index is 1120. The molecule has 0 aliphatic heterocycles. The smallest absolute Gasteiger partial charge is 0.267 e. The Hall–Kier alpha value is -2.36. The second kappa shape index (κ2) is 7.34. The first-order valence-corrected chi connectivity index (χ1v) is 10.5. The first kappa shape index (κ1) is 19.4. The third kappa shape index (κ3) is 3.85. The average molecular weight is 426 g/mol. The summed E-state index contributed by atoms with van der Waals surface area (Å²) in [6.45, 7) is 5.39. The number of hydrogen-bond donors (Lipinski definition) is 2. The van der Waals surface area contributed by atoms with Crippen LogP contribution < -0.4 is 10.0 Å². The highest BCUT2D eigenvalue weighted by atomic mass is 35.5. The van der Waals surface area contributed by atoms with E-state index in [0.29, 0.717) is 11.4 Å². The highest BCUT2D eigenvalue weighted by Crippen LogP contribution is 2.30. The van der Waals surface area contributed by atoms with E-state index in [1.54, 1.807) is 13.0 Å². The van der Waals surface area contributed by atoms with Gasteiger partial charge in [0.2, 0.25) is 0 Å². The summed E-state index contributed by atoms with van der Waals surface area (Å²) in [5.74, 6) is -0.708. The van der Waals surface area contributed by atoms with Gasteiger partial charge in [-0.1, -0.05) is 28.9 Å². The highest BCUT2D eigenvalue weighted by Gasteiger charge is 2.27. The Kier molecular flexibility index (Phi) is 5.27. The molecule has 2 N–H and O–H groups in total. The lowest BCUT2D eigenvalue weighted by atomic mass is 10.1. The molecule has 10 heteroatoms. The molecule has 0 bridgehead atoms. The Morgan fingerprint density at radius 2 is 1.96 bits per heavy atom. The van der Waals surface area contributed by atoms with E-state index in [2.05, 4.69) is 15.2 Å². The van der Waals surface area contributed by atoms with Crippen LogP contribution in [0.1, 0.15) is 26.5 Å². The predicted molar refractivity (Wildman–Crippen MR) is 105 cm³/mol. The molecule has 0 aliphatic carbocycles. The summed E-state index contributed by atoms with van der Waals surface area (Å²) < 4.78 is 32.5. The van der Waals surface area contributed by atoms with E-state index >= 15 is 0 Å². The lowest BCUT2D eigenvalue weighted by molar-refractivity contribution is 0.102. The monoisotopic (exact) mass is 425 g/mol. The van der Waals surface area contributed by atoms with Crippen molar-refractivity contribution in [2.75, 3.05) is 10.0 Å². The average Bonchev–Trinajstić information content (AvgIpc) is 3.22. The zero-order chi connectivity index (χ0) is 19.8. The van der Waals surface area contributed by atoms with Crippen LogP contribution in [0.4, 0.5) is 11.6 Å². The molecular weight excluding hydrogens is 410 g/mol. The van der Waals surface area contributed by atoms with Crippen molar-refractivity contribution in [1.82, 2.24) is 5.16 Å². The SMILES string of the molecule is Cc1cccc(NC(=O)c2sccc2S(=O)(=O)Nc2onc(C)c2Cl)c1C. The molecule has 3 aromatic rings. The number of halogens is 1. The van der Waals surface area contributed by atoms with E-state index in [-0.39, 0.29) is 20.7 Å². The van der Waals surface area contributed by atoms with Crippen LogP contribution in [0.5, 0.6) is 0 Å². The van der Waals surface area contributed by atoms with Gasteiger partial charge in [0, 0.05) is 5.69 Å². The number of rotatable bonds is 5. The van der Waals surface area contributed by atoms with Crippen LogP contribution in [0.15, 0.2) is 39.1 Å². The largest absolute Gasteiger partial charge is 0.336 e. The van der Waals surface area contributed by atoms with Crippen molar-refractivity contribution >= 4 is 50.4 Å². The number of aromatic nitrogens is 1. The summed E-state index contributed by atoms with van der Waals surface area (Å²) in [4.78, 5) is 12.6. The van der Waals surface area contributed by atoms with Gasteiger partial charge in [-0.2, -0.15) is 0 Å². The van der Waals surface area contributed by atoms with Crippen molar-refractivity contribution in [3.8, 4) is 0 Å². The van der Waals surface area contributed by atoms with Gasteiger partial charge >= 0.3 is 0 Å². The molecule has 0 saturated heterocycles. The molecule has 7 nitrogen and oxygen atoms in total. The number of sulfonamides is 1. The van der Waals surface area contributed by atoms with Crippen molar-refractivity contribution < 1.29 is 17.7 Å². The molecule has 0 aliphatic rings. The van der Waals surface area contributed by atoms with Crippen LogP contribution in [0.2, 0.25) is 5.02 Å². The van der Waals surface area contributed by atoms with Crippen LogP contribution in [-0.2, 0) is 10.0 Å². The number of benzene rings is 1. The third-order valence-electron chi connectivity index (χ3n) is 4.00. The fourth-order valence-corrected chi connectivity index (χ4v) is 4.83. The van der Waals surface area contributed by atoms with E-state index in [1.807, 2.05) is 26.0 Å². The van der Waals surface area contributed by atoms with Gasteiger partial charge in [0.05, 0.1) is 0 Å². The number of carbonyl (C=O) groups is 1. The summed E-state index contributed by atoms with van der Waals surface area (Å²) in [6.07, 6.45) is 0. The van der Waals surface area contributed by atoms with Gasteiger partial charge in [-0.15, -0.1) is 11.3 Å². The van der Waals surface area contributed by atoms with Gasteiger partial charge in [-0.25, -0.2) is 13.1 Å². The molecule has 1 amide bonds. The maximum Gasteiger partial charge on any atom is 0.267 e. The Morgan fingerprint density at radius 3 is 2.63 bits per heavy atom. The summed E-state index contributed by atoms with van der Waals surface area (Å²) in [5, 5.41) is 7.96. The van der Waals surface area contributed by atoms with Crippen LogP contribution in [0, 0.1) is 20.8 Å². The lowest BCUT2D eigenvalue weighted by Gasteiger charge is -2.11. The third-order valence-corrected chi connectivity index (χ3v) is 6.86. The van der Waals surface area contributed by atoms with E-state index in [4.69, 9.17) is 16.1 Å². The second-order valence-electron chi connectivity index (χ2n) is 5.83. The molecule has 0 atom stereocenters. The molecular formula is C17H16ClN3O4S2. The molecule has 27 heavy (non-hydrogen) atoms. The fraction of sp³-hybridized carbons (Fsp3) is 0.176. The van der Waals surface area contributed by atoms with Gasteiger partial charge in [-0.05, 0) is 49.4 Å². The lowest BCUT2D eigenvalue weighted by Crippen LogP contribution is -2.18. The van der Waals surface area contributed by atoms with E-state index in [0.717, 1.165) is 22.5 Å². The van der Waals surface area contributed by atoms with E-state index < -0.39 is 15.9 Å². The first-order valence-electron chi connectivity index (χ1n) is 7.80. The summed E-state index contributed by atoms with van der Waals surface area (Å²) in [5.41, 5.74) is 2.91. The number of amides is 1. The van der Waals surface area contributed by atoms with Crippen molar-refractivity contribution in [2.45, 2.75) is 25.7 Å². The van der Waals surface area contributed by atoms with E-state index in [9.17, 15) is 13.2 Å². The first-order chi connectivity index (χ1) is 12.7. The molecule has 0 saturated carbocycles. The van der Waals surface area contributed by atoms with Crippen molar-refractivity contribution in [3.63, 3.8) is 0 Å². The standard InChI is InChI=1S/C17H16ClN3O4S2/c1-9-5-4-6-12(10(9)2)19-16(22)15-13(7-8-26-15)27(23,24)21-17-14(18)11(3)20-25-17/h4-8,21H,1-3H3,(H,19,22). The molecule has 142 valence electrons. The highest BCUT2D eigenvalue weighted by molar-refractivity contribution is 7.93. The van der Waals surface area contributed by atoms with Gasteiger partial charge < -0.3 is 9.84 Å². The predicted octanol–water partition coefficient (Wildman–Crippen LogP) is 4.37. The molecule has 0 unspecified atom stereocenters. The maximum absolute atomic E-state index is 12.7. The van der Waals surface area contributed by atoms with Crippen molar-refractivity contribution in [3.05, 3.63) is 56.4 Å². The number of nitrogens with one attached hydrogen (secondary N) is 2. The Labute approximate surface area is 165 Å². The van der Waals surface area contributed by atoms with Crippen LogP contribution >= 0.6 is 22.9 Å². The molecule has 2 aromatic heterocycles. The van der Waals surface area contributed by atoms with Crippen molar-refractivity contribution in [2.24, 2.45) is 0 Å². The van der Waals surface area contributed by atoms with Crippen LogP contribution in [0.25, 0.3) is 0 Å². The maximum atomic E-state index is 12.7. The van der Waals surface area contributed by atoms with Gasteiger partial charge in [0.1, 0.15) is 20.5 Å². The topological polar surface area (TPSA) is 101 Å². The number of nitrogens with zero attached hydrogens (tertiary/aromatic N) is 1.